The fraction of sp³-hybridized carbons (Fsp3) is 0.300. The van der Waals surface area contributed by atoms with Crippen LogP contribution in [0.3, 0.4) is 0 Å². The second kappa shape index (κ2) is 9.22. The van der Waals surface area contributed by atoms with Gasteiger partial charge in [-0.25, -0.2) is 23.1 Å². The molecule has 1 aliphatic rings. The zero-order valence-corrected chi connectivity index (χ0v) is 19.0. The number of aryl methyl sites for hydroxylation is 1. The summed E-state index contributed by atoms with van der Waals surface area (Å²) in [6.45, 7) is -0.0824. The van der Waals surface area contributed by atoms with Gasteiger partial charge in [0.1, 0.15) is 0 Å². The Morgan fingerprint density at radius 1 is 1.15 bits per heavy atom. The smallest absolute Gasteiger partial charge is 0.326 e. The maximum atomic E-state index is 13.2. The Morgan fingerprint density at radius 2 is 1.79 bits per heavy atom. The van der Waals surface area contributed by atoms with Gasteiger partial charge in [-0.05, 0) is 43.2 Å². The van der Waals surface area contributed by atoms with Crippen molar-refractivity contribution < 1.29 is 26.4 Å². The minimum atomic E-state index is -4.68. The first kappa shape index (κ1) is 24.0. The van der Waals surface area contributed by atoms with E-state index in [0.717, 1.165) is 17.5 Å². The lowest BCUT2D eigenvalue weighted by molar-refractivity contribution is -0.141. The Labute approximate surface area is 197 Å². The van der Waals surface area contributed by atoms with Crippen LogP contribution in [0.2, 0.25) is 5.02 Å². The molecule has 0 atom stereocenters. The molecule has 0 saturated heterocycles. The average Bonchev–Trinajstić information content (AvgIpc) is 3.54. The maximum Gasteiger partial charge on any atom is 0.436 e. The lowest BCUT2D eigenvalue weighted by Gasteiger charge is -2.09. The van der Waals surface area contributed by atoms with E-state index in [2.05, 4.69) is 25.1 Å². The third-order valence-electron chi connectivity index (χ3n) is 4.95. The average molecular weight is 515 g/mol. The van der Waals surface area contributed by atoms with Gasteiger partial charge in [-0.2, -0.15) is 18.3 Å². The SMILES string of the molecule is O=C(CCn1nc(C(F)(F)F)c(Cl)c1C1CC1)Nc1ccc(S(=O)(=O)Nc2ncccn2)cc1. The molecule has 0 aliphatic heterocycles. The molecular formula is C20H18ClF3N6O3S. The van der Waals surface area contributed by atoms with E-state index in [1.807, 2.05) is 0 Å². The predicted octanol–water partition coefficient (Wildman–Crippen LogP) is 4.05. The van der Waals surface area contributed by atoms with E-state index in [9.17, 15) is 26.4 Å². The molecule has 34 heavy (non-hydrogen) atoms. The Hall–Kier alpha value is -3.19. The van der Waals surface area contributed by atoms with Gasteiger partial charge in [-0.15, -0.1) is 0 Å². The van der Waals surface area contributed by atoms with Crippen LogP contribution in [0.15, 0.2) is 47.6 Å². The van der Waals surface area contributed by atoms with Gasteiger partial charge in [-0.3, -0.25) is 9.48 Å². The Bertz CT molecular complexity index is 1290. The van der Waals surface area contributed by atoms with Crippen LogP contribution in [0.5, 0.6) is 0 Å². The van der Waals surface area contributed by atoms with Crippen molar-refractivity contribution in [2.24, 2.45) is 0 Å². The van der Waals surface area contributed by atoms with E-state index in [-0.39, 0.29) is 29.7 Å². The highest BCUT2D eigenvalue weighted by atomic mass is 35.5. The van der Waals surface area contributed by atoms with Gasteiger partial charge in [0.2, 0.25) is 11.9 Å². The normalized spacial score (nSPS) is 14.1. The molecule has 2 aromatic heterocycles. The van der Waals surface area contributed by atoms with Crippen LogP contribution < -0.4 is 10.0 Å². The van der Waals surface area contributed by atoms with E-state index in [0.29, 0.717) is 11.4 Å². The van der Waals surface area contributed by atoms with E-state index < -0.39 is 32.8 Å². The summed E-state index contributed by atoms with van der Waals surface area (Å²) in [5, 5.41) is 5.76. The molecule has 1 saturated carbocycles. The molecule has 180 valence electrons. The number of benzene rings is 1. The molecule has 14 heteroatoms. The number of halogens is 4. The van der Waals surface area contributed by atoms with Crippen molar-refractivity contribution in [3.8, 4) is 0 Å². The highest BCUT2D eigenvalue weighted by Crippen LogP contribution is 2.46. The molecule has 2 heterocycles. The van der Waals surface area contributed by atoms with Gasteiger partial charge < -0.3 is 5.32 Å². The van der Waals surface area contributed by atoms with Gasteiger partial charge in [0.15, 0.2) is 5.69 Å². The first-order valence-corrected chi connectivity index (χ1v) is 11.9. The number of hydrogen-bond acceptors (Lipinski definition) is 6. The van der Waals surface area contributed by atoms with Gasteiger partial charge in [-0.1, -0.05) is 11.6 Å². The van der Waals surface area contributed by atoms with Gasteiger partial charge in [0, 0.05) is 30.4 Å². The molecule has 9 nitrogen and oxygen atoms in total. The third-order valence-corrected chi connectivity index (χ3v) is 6.67. The van der Waals surface area contributed by atoms with Crippen molar-refractivity contribution in [2.45, 2.75) is 42.8 Å². The molecule has 3 aromatic rings. The number of rotatable bonds is 8. The highest BCUT2D eigenvalue weighted by Gasteiger charge is 2.42. The Morgan fingerprint density at radius 3 is 2.38 bits per heavy atom. The number of nitrogens with one attached hydrogen (secondary N) is 2. The summed E-state index contributed by atoms with van der Waals surface area (Å²) in [7, 11) is -3.93. The predicted molar refractivity (Wildman–Crippen MR) is 117 cm³/mol. The number of carbonyl (C=O) groups is 1. The third kappa shape index (κ3) is 5.47. The second-order valence-electron chi connectivity index (χ2n) is 7.54. The van der Waals surface area contributed by atoms with Gasteiger partial charge in [0.05, 0.1) is 22.2 Å². The summed E-state index contributed by atoms with van der Waals surface area (Å²) in [6.07, 6.45) is -0.624. The first-order valence-electron chi connectivity index (χ1n) is 10.1. The van der Waals surface area contributed by atoms with E-state index in [1.54, 1.807) is 0 Å². The zero-order chi connectivity index (χ0) is 24.5. The quantitative estimate of drug-likeness (QED) is 0.468. The van der Waals surface area contributed by atoms with Crippen LogP contribution in [0.25, 0.3) is 0 Å². The monoisotopic (exact) mass is 514 g/mol. The molecule has 2 N–H and O–H groups in total. The fourth-order valence-corrected chi connectivity index (χ4v) is 4.59. The van der Waals surface area contributed by atoms with Crippen molar-refractivity contribution >= 4 is 39.2 Å². The standard InChI is InChI=1S/C20H18ClF3N6O3S/c21-16-17(12-2-3-12)30(28-18(16)20(22,23)24)11-8-15(31)27-13-4-6-14(7-5-13)34(32,33)29-19-25-9-1-10-26-19/h1,4-7,9-10,12H,2-3,8,11H2,(H,27,31)(H,25,26,29). The van der Waals surface area contributed by atoms with Crippen LogP contribution >= 0.6 is 11.6 Å². The summed E-state index contributed by atoms with van der Waals surface area (Å²) in [6, 6.07) is 6.89. The Balaban J connectivity index is 1.39. The first-order chi connectivity index (χ1) is 16.0. The number of carbonyl (C=O) groups excluding carboxylic acids is 1. The number of alkyl halides is 3. The molecule has 1 fully saturated rings. The largest absolute Gasteiger partial charge is 0.436 e. The van der Waals surface area contributed by atoms with Gasteiger partial charge >= 0.3 is 6.18 Å². The number of amides is 1. The minimum absolute atomic E-state index is 0.0714. The molecule has 1 aromatic carbocycles. The summed E-state index contributed by atoms with van der Waals surface area (Å²) in [5.74, 6) is -0.658. The molecule has 4 rings (SSSR count). The van der Waals surface area contributed by atoms with Crippen LogP contribution in [0.1, 0.15) is 36.6 Å². The van der Waals surface area contributed by atoms with Crippen LogP contribution in [-0.2, 0) is 27.5 Å². The molecule has 0 spiro atoms. The second-order valence-corrected chi connectivity index (χ2v) is 9.60. The lowest BCUT2D eigenvalue weighted by Crippen LogP contribution is -2.17. The van der Waals surface area contributed by atoms with Crippen molar-refractivity contribution in [3.05, 3.63) is 59.1 Å². The van der Waals surface area contributed by atoms with E-state index >= 15 is 0 Å². The summed E-state index contributed by atoms with van der Waals surface area (Å²) < 4.78 is 67.7. The molecule has 0 radical (unpaired) electrons. The van der Waals surface area contributed by atoms with Gasteiger partial charge in [0.25, 0.3) is 10.0 Å². The topological polar surface area (TPSA) is 119 Å². The fourth-order valence-electron chi connectivity index (χ4n) is 3.23. The van der Waals surface area contributed by atoms with Crippen molar-refractivity contribution in [1.29, 1.82) is 0 Å². The van der Waals surface area contributed by atoms with Crippen molar-refractivity contribution in [2.75, 3.05) is 10.0 Å². The summed E-state index contributed by atoms with van der Waals surface area (Å²) >= 11 is 5.93. The van der Waals surface area contributed by atoms with Crippen LogP contribution in [0.4, 0.5) is 24.8 Å². The molecule has 1 aliphatic carbocycles. The van der Waals surface area contributed by atoms with Crippen LogP contribution in [-0.4, -0.2) is 34.1 Å². The minimum Gasteiger partial charge on any atom is -0.326 e. The van der Waals surface area contributed by atoms with Crippen molar-refractivity contribution in [1.82, 2.24) is 19.7 Å². The maximum absolute atomic E-state index is 13.2. The molecular weight excluding hydrogens is 497 g/mol. The Kier molecular flexibility index (Phi) is 6.49. The van der Waals surface area contributed by atoms with E-state index in [1.165, 1.54) is 42.7 Å². The number of sulfonamides is 1. The molecule has 1 amide bonds. The number of hydrogen-bond donors (Lipinski definition) is 2. The molecule has 0 bridgehead atoms. The number of anilines is 2. The lowest BCUT2D eigenvalue weighted by atomic mass is 10.2. The number of nitrogens with zero attached hydrogens (tertiary/aromatic N) is 4. The summed E-state index contributed by atoms with van der Waals surface area (Å²) in [5.41, 5.74) is -0.536. The van der Waals surface area contributed by atoms with Crippen molar-refractivity contribution in [3.63, 3.8) is 0 Å². The summed E-state index contributed by atoms with van der Waals surface area (Å²) in [4.78, 5) is 19.9. The molecule has 0 unspecified atom stereocenters. The highest BCUT2D eigenvalue weighted by molar-refractivity contribution is 7.92. The van der Waals surface area contributed by atoms with Crippen LogP contribution in [0, 0.1) is 0 Å². The van der Waals surface area contributed by atoms with E-state index in [4.69, 9.17) is 11.6 Å². The zero-order valence-electron chi connectivity index (χ0n) is 17.4. The number of aromatic nitrogens is 4.